The lowest BCUT2D eigenvalue weighted by Crippen LogP contribution is -2.42. The zero-order valence-electron chi connectivity index (χ0n) is 10.7. The number of hydrogen-bond donors (Lipinski definition) is 0. The number of carbonyl (C=O) groups excluding carboxylic acids is 1. The molecule has 0 saturated carbocycles. The smallest absolute Gasteiger partial charge is 0.242 e. The fourth-order valence-electron chi connectivity index (χ4n) is 2.38. The Labute approximate surface area is 118 Å². The number of carbonyl (C=O) groups is 1. The molecular weight excluding hydrogens is 286 g/mol. The molecule has 1 aromatic carbocycles. The lowest BCUT2D eigenvalue weighted by atomic mass is 10.1. The summed E-state index contributed by atoms with van der Waals surface area (Å²) in [5.74, 6) is -0.252. The summed E-state index contributed by atoms with van der Waals surface area (Å²) in [6, 6.07) is 7.15. The molecule has 1 atom stereocenters. The number of nitrogens with zero attached hydrogens (tertiary/aromatic N) is 1. The summed E-state index contributed by atoms with van der Waals surface area (Å²) in [5.41, 5.74) is 1.73. The van der Waals surface area contributed by atoms with Gasteiger partial charge in [-0.3, -0.25) is 4.79 Å². The topological polar surface area (TPSA) is 54.5 Å². The van der Waals surface area contributed by atoms with Crippen LogP contribution in [0.4, 0.5) is 5.69 Å². The van der Waals surface area contributed by atoms with Crippen LogP contribution in [0.1, 0.15) is 12.0 Å². The Kier molecular flexibility index (Phi) is 4.16. The van der Waals surface area contributed by atoms with Crippen molar-refractivity contribution in [1.82, 2.24) is 0 Å². The summed E-state index contributed by atoms with van der Waals surface area (Å²) < 4.78 is 23.2. The van der Waals surface area contributed by atoms with Crippen molar-refractivity contribution >= 4 is 33.0 Å². The van der Waals surface area contributed by atoms with E-state index in [9.17, 15) is 13.2 Å². The zero-order chi connectivity index (χ0) is 14.0. The highest BCUT2D eigenvalue weighted by molar-refractivity contribution is 7.91. The fraction of sp³-hybridized carbons (Fsp3) is 0.462. The first kappa shape index (κ1) is 14.3. The molecule has 0 aromatic heterocycles. The standard InChI is InChI=1S/C13H16ClNO3S/c1-10-3-2-4-11(7-10)15(13(16)8-14)12-5-6-19(17,18)9-12/h2-4,7,12H,5-6,8-9H2,1H3/t12-/m1/s1. The van der Waals surface area contributed by atoms with Gasteiger partial charge in [0.05, 0.1) is 17.5 Å². The van der Waals surface area contributed by atoms with E-state index in [1.54, 1.807) is 0 Å². The van der Waals surface area contributed by atoms with E-state index in [-0.39, 0.29) is 29.3 Å². The van der Waals surface area contributed by atoms with Crippen LogP contribution in [0.3, 0.4) is 0 Å². The van der Waals surface area contributed by atoms with Crippen LogP contribution < -0.4 is 4.90 Å². The summed E-state index contributed by atoms with van der Waals surface area (Å²) in [5, 5.41) is 0. The maximum Gasteiger partial charge on any atom is 0.242 e. The molecule has 19 heavy (non-hydrogen) atoms. The van der Waals surface area contributed by atoms with Crippen LogP contribution in [0, 0.1) is 6.92 Å². The quantitative estimate of drug-likeness (QED) is 0.799. The van der Waals surface area contributed by atoms with E-state index >= 15 is 0 Å². The number of hydrogen-bond acceptors (Lipinski definition) is 3. The van der Waals surface area contributed by atoms with Gasteiger partial charge >= 0.3 is 0 Å². The van der Waals surface area contributed by atoms with Gasteiger partial charge in [0, 0.05) is 5.69 Å². The number of anilines is 1. The molecule has 1 saturated heterocycles. The summed E-state index contributed by atoms with van der Waals surface area (Å²) in [6.45, 7) is 1.93. The Morgan fingerprint density at radius 3 is 2.74 bits per heavy atom. The molecule has 0 radical (unpaired) electrons. The average Bonchev–Trinajstić information content (AvgIpc) is 2.69. The maximum absolute atomic E-state index is 12.0. The minimum absolute atomic E-state index is 0.0174. The minimum atomic E-state index is -3.04. The molecule has 1 fully saturated rings. The van der Waals surface area contributed by atoms with E-state index in [0.29, 0.717) is 12.1 Å². The van der Waals surface area contributed by atoms with Gasteiger partial charge in [0.2, 0.25) is 5.91 Å². The molecule has 2 rings (SSSR count). The van der Waals surface area contributed by atoms with Crippen molar-refractivity contribution < 1.29 is 13.2 Å². The van der Waals surface area contributed by atoms with Crippen LogP contribution in [0.5, 0.6) is 0 Å². The van der Waals surface area contributed by atoms with Crippen molar-refractivity contribution in [3.63, 3.8) is 0 Å². The van der Waals surface area contributed by atoms with Gasteiger partial charge in [-0.25, -0.2) is 8.42 Å². The van der Waals surface area contributed by atoms with Crippen molar-refractivity contribution in [1.29, 1.82) is 0 Å². The van der Waals surface area contributed by atoms with Gasteiger partial charge in [-0.15, -0.1) is 11.6 Å². The van der Waals surface area contributed by atoms with E-state index in [4.69, 9.17) is 11.6 Å². The number of rotatable bonds is 3. The van der Waals surface area contributed by atoms with Gasteiger partial charge in [0.1, 0.15) is 5.88 Å². The number of amides is 1. The second kappa shape index (κ2) is 5.51. The molecule has 0 bridgehead atoms. The van der Waals surface area contributed by atoms with Gasteiger partial charge in [-0.05, 0) is 31.0 Å². The monoisotopic (exact) mass is 301 g/mol. The molecule has 1 aromatic rings. The molecule has 0 N–H and O–H groups in total. The third kappa shape index (κ3) is 3.28. The molecule has 1 aliphatic rings. The molecule has 1 heterocycles. The van der Waals surface area contributed by atoms with E-state index < -0.39 is 9.84 Å². The van der Waals surface area contributed by atoms with Crippen LogP contribution in [0.25, 0.3) is 0 Å². The van der Waals surface area contributed by atoms with Gasteiger partial charge in [0.25, 0.3) is 0 Å². The third-order valence-corrected chi connectivity index (χ3v) is 5.22. The highest BCUT2D eigenvalue weighted by Crippen LogP contribution is 2.25. The van der Waals surface area contributed by atoms with Crippen molar-refractivity contribution in [2.75, 3.05) is 22.3 Å². The second-order valence-electron chi connectivity index (χ2n) is 4.79. The third-order valence-electron chi connectivity index (χ3n) is 3.24. The predicted molar refractivity (Wildman–Crippen MR) is 76.4 cm³/mol. The highest BCUT2D eigenvalue weighted by Gasteiger charge is 2.35. The first-order valence-corrected chi connectivity index (χ1v) is 8.43. The highest BCUT2D eigenvalue weighted by atomic mass is 35.5. The zero-order valence-corrected chi connectivity index (χ0v) is 12.2. The van der Waals surface area contributed by atoms with Crippen LogP contribution in [-0.2, 0) is 14.6 Å². The molecule has 6 heteroatoms. The van der Waals surface area contributed by atoms with Gasteiger partial charge in [-0.1, -0.05) is 12.1 Å². The first-order valence-electron chi connectivity index (χ1n) is 6.08. The Morgan fingerprint density at radius 1 is 1.47 bits per heavy atom. The largest absolute Gasteiger partial charge is 0.307 e. The lowest BCUT2D eigenvalue weighted by Gasteiger charge is -2.28. The van der Waals surface area contributed by atoms with Gasteiger partial charge in [-0.2, -0.15) is 0 Å². The molecular formula is C13H16ClNO3S. The van der Waals surface area contributed by atoms with Gasteiger partial charge < -0.3 is 4.90 Å². The maximum atomic E-state index is 12.0. The molecule has 0 spiro atoms. The summed E-state index contributed by atoms with van der Waals surface area (Å²) in [7, 11) is -3.04. The Hall–Kier alpha value is -1.07. The molecule has 0 aliphatic carbocycles. The Balaban J connectivity index is 2.35. The predicted octanol–water partition coefficient (Wildman–Crippen LogP) is 1.75. The summed E-state index contributed by atoms with van der Waals surface area (Å²) in [4.78, 5) is 13.6. The number of aryl methyl sites for hydroxylation is 1. The van der Waals surface area contributed by atoms with Crippen LogP contribution >= 0.6 is 11.6 Å². The summed E-state index contributed by atoms with van der Waals surface area (Å²) >= 11 is 5.65. The van der Waals surface area contributed by atoms with E-state index in [2.05, 4.69) is 0 Å². The van der Waals surface area contributed by atoms with Crippen LogP contribution in [0.15, 0.2) is 24.3 Å². The van der Waals surface area contributed by atoms with Crippen LogP contribution in [0.2, 0.25) is 0 Å². The average molecular weight is 302 g/mol. The Bertz CT molecular complexity index is 585. The molecule has 104 valence electrons. The van der Waals surface area contributed by atoms with Crippen LogP contribution in [-0.4, -0.2) is 37.8 Å². The SMILES string of the molecule is Cc1cccc(N(C(=O)CCl)[C@@H]2CCS(=O)(=O)C2)c1. The van der Waals surface area contributed by atoms with Crippen molar-refractivity contribution in [3.8, 4) is 0 Å². The first-order chi connectivity index (χ1) is 8.93. The van der Waals surface area contributed by atoms with Crippen molar-refractivity contribution in [3.05, 3.63) is 29.8 Å². The fourth-order valence-corrected chi connectivity index (χ4v) is 4.21. The van der Waals surface area contributed by atoms with Crippen molar-refractivity contribution in [2.45, 2.75) is 19.4 Å². The van der Waals surface area contributed by atoms with E-state index in [1.165, 1.54) is 4.90 Å². The molecule has 1 amide bonds. The van der Waals surface area contributed by atoms with E-state index in [0.717, 1.165) is 5.56 Å². The number of alkyl halides is 1. The normalized spacial score (nSPS) is 21.3. The second-order valence-corrected chi connectivity index (χ2v) is 7.29. The number of benzene rings is 1. The number of sulfone groups is 1. The minimum Gasteiger partial charge on any atom is -0.307 e. The van der Waals surface area contributed by atoms with E-state index in [1.807, 2.05) is 31.2 Å². The number of halogens is 1. The molecule has 1 aliphatic heterocycles. The lowest BCUT2D eigenvalue weighted by molar-refractivity contribution is -0.116. The molecule has 0 unspecified atom stereocenters. The van der Waals surface area contributed by atoms with Crippen molar-refractivity contribution in [2.24, 2.45) is 0 Å². The summed E-state index contributed by atoms with van der Waals surface area (Å²) in [6.07, 6.45) is 0.471. The molecule has 4 nitrogen and oxygen atoms in total. The Morgan fingerprint density at radius 2 is 2.21 bits per heavy atom. The van der Waals surface area contributed by atoms with Gasteiger partial charge in [0.15, 0.2) is 9.84 Å².